The summed E-state index contributed by atoms with van der Waals surface area (Å²) in [6.45, 7) is 0. The number of nitrogens with one attached hydrogen (secondary N) is 1. The van der Waals surface area contributed by atoms with Crippen LogP contribution in [0.25, 0.3) is 22.0 Å². The van der Waals surface area contributed by atoms with Gasteiger partial charge in [-0.15, -0.1) is 0 Å². The third kappa shape index (κ3) is 2.04. The molecule has 1 aromatic heterocycles. The number of aromatic carboxylic acids is 1. The molecular weight excluding hydrogens is 281 g/mol. The zero-order valence-electron chi connectivity index (χ0n) is 10.2. The van der Waals surface area contributed by atoms with Crippen molar-refractivity contribution in [2.75, 3.05) is 0 Å². The van der Waals surface area contributed by atoms with E-state index in [0.717, 1.165) is 16.5 Å². The van der Waals surface area contributed by atoms with Crippen molar-refractivity contribution in [3.63, 3.8) is 0 Å². The Labute approximate surface area is 118 Å². The van der Waals surface area contributed by atoms with Gasteiger partial charge in [0.05, 0.1) is 10.6 Å². The van der Waals surface area contributed by atoms with Crippen LogP contribution in [0.5, 0.6) is 0 Å². The number of hydrogen-bond acceptors (Lipinski definition) is 1. The Morgan fingerprint density at radius 3 is 2.70 bits per heavy atom. The molecule has 0 aliphatic carbocycles. The summed E-state index contributed by atoms with van der Waals surface area (Å²) in [6.07, 6.45) is 1.75. The van der Waals surface area contributed by atoms with Gasteiger partial charge in [-0.1, -0.05) is 17.7 Å². The van der Waals surface area contributed by atoms with E-state index in [1.165, 1.54) is 18.2 Å². The summed E-state index contributed by atoms with van der Waals surface area (Å²) in [5, 5.41) is 9.98. The Morgan fingerprint density at radius 2 is 2.00 bits per heavy atom. The molecule has 0 atom stereocenters. The third-order valence-electron chi connectivity index (χ3n) is 3.15. The fourth-order valence-corrected chi connectivity index (χ4v) is 2.45. The van der Waals surface area contributed by atoms with Crippen LogP contribution in [0.2, 0.25) is 5.02 Å². The van der Waals surface area contributed by atoms with Crippen LogP contribution in [-0.4, -0.2) is 16.1 Å². The molecule has 5 heteroatoms. The van der Waals surface area contributed by atoms with Crippen LogP contribution in [0.1, 0.15) is 10.4 Å². The van der Waals surface area contributed by atoms with E-state index in [2.05, 4.69) is 4.98 Å². The minimum atomic E-state index is -1.07. The van der Waals surface area contributed by atoms with E-state index in [0.29, 0.717) is 5.52 Å². The highest BCUT2D eigenvalue weighted by molar-refractivity contribution is 6.33. The maximum Gasteiger partial charge on any atom is 0.337 e. The Kier molecular flexibility index (Phi) is 2.95. The van der Waals surface area contributed by atoms with Gasteiger partial charge in [0, 0.05) is 22.7 Å². The van der Waals surface area contributed by atoms with Crippen LogP contribution in [0.4, 0.5) is 4.39 Å². The van der Waals surface area contributed by atoms with Crippen molar-refractivity contribution in [2.24, 2.45) is 0 Å². The molecule has 0 saturated carbocycles. The van der Waals surface area contributed by atoms with Gasteiger partial charge in [-0.3, -0.25) is 0 Å². The predicted octanol–water partition coefficient (Wildman–Crippen LogP) is 4.33. The van der Waals surface area contributed by atoms with Crippen LogP contribution in [0.3, 0.4) is 0 Å². The van der Waals surface area contributed by atoms with E-state index in [1.807, 2.05) is 0 Å². The first-order chi connectivity index (χ1) is 9.56. The number of fused-ring (bicyclic) bond motifs is 1. The standard InChI is InChI=1S/C15H9ClFNO2/c16-13-5-8(1-3-11(13)15(19)20)12-7-18-14-6-9(17)2-4-10(12)14/h1-7,18H,(H,19,20). The smallest absolute Gasteiger partial charge is 0.337 e. The summed E-state index contributed by atoms with van der Waals surface area (Å²) in [5.41, 5.74) is 2.36. The van der Waals surface area contributed by atoms with Crippen molar-refractivity contribution < 1.29 is 14.3 Å². The lowest BCUT2D eigenvalue weighted by Crippen LogP contribution is -1.96. The molecule has 1 heterocycles. The highest BCUT2D eigenvalue weighted by Gasteiger charge is 2.12. The summed E-state index contributed by atoms with van der Waals surface area (Å²) >= 11 is 5.97. The molecule has 0 spiro atoms. The molecule has 0 aliphatic rings. The van der Waals surface area contributed by atoms with Crippen LogP contribution < -0.4 is 0 Å². The largest absolute Gasteiger partial charge is 0.478 e. The van der Waals surface area contributed by atoms with E-state index < -0.39 is 5.97 Å². The minimum absolute atomic E-state index is 0.0568. The Morgan fingerprint density at radius 1 is 1.20 bits per heavy atom. The second kappa shape index (κ2) is 4.65. The van der Waals surface area contributed by atoms with Gasteiger partial charge in [-0.25, -0.2) is 9.18 Å². The SMILES string of the molecule is O=C(O)c1ccc(-c2c[nH]c3cc(F)ccc23)cc1Cl. The fourth-order valence-electron chi connectivity index (χ4n) is 2.19. The molecule has 2 N–H and O–H groups in total. The summed E-state index contributed by atoms with van der Waals surface area (Å²) < 4.78 is 13.1. The summed E-state index contributed by atoms with van der Waals surface area (Å²) in [5.74, 6) is -1.38. The van der Waals surface area contributed by atoms with E-state index in [9.17, 15) is 9.18 Å². The molecule has 0 radical (unpaired) electrons. The fraction of sp³-hybridized carbons (Fsp3) is 0. The molecule has 2 aromatic carbocycles. The molecule has 0 saturated heterocycles. The van der Waals surface area contributed by atoms with Crippen LogP contribution >= 0.6 is 11.6 Å². The van der Waals surface area contributed by atoms with Gasteiger partial charge in [0.1, 0.15) is 5.82 Å². The number of carbonyl (C=O) groups is 1. The second-order valence-corrected chi connectivity index (χ2v) is 4.80. The van der Waals surface area contributed by atoms with Gasteiger partial charge in [0.15, 0.2) is 0 Å². The third-order valence-corrected chi connectivity index (χ3v) is 3.47. The molecule has 3 nitrogen and oxygen atoms in total. The Hall–Kier alpha value is -2.33. The first kappa shape index (κ1) is 12.7. The van der Waals surface area contributed by atoms with E-state index in [-0.39, 0.29) is 16.4 Å². The molecule has 100 valence electrons. The van der Waals surface area contributed by atoms with Gasteiger partial charge >= 0.3 is 5.97 Å². The quantitative estimate of drug-likeness (QED) is 0.738. The average Bonchev–Trinajstić information content (AvgIpc) is 2.80. The molecule has 20 heavy (non-hydrogen) atoms. The highest BCUT2D eigenvalue weighted by atomic mass is 35.5. The lowest BCUT2D eigenvalue weighted by atomic mass is 10.0. The van der Waals surface area contributed by atoms with Crippen molar-refractivity contribution in [1.29, 1.82) is 0 Å². The van der Waals surface area contributed by atoms with E-state index >= 15 is 0 Å². The van der Waals surface area contributed by atoms with Crippen LogP contribution in [0, 0.1) is 5.82 Å². The Balaban J connectivity index is 2.16. The molecule has 3 rings (SSSR count). The zero-order valence-corrected chi connectivity index (χ0v) is 10.9. The number of benzene rings is 2. The number of rotatable bonds is 2. The van der Waals surface area contributed by atoms with E-state index in [4.69, 9.17) is 16.7 Å². The average molecular weight is 290 g/mol. The monoisotopic (exact) mass is 289 g/mol. The molecule has 3 aromatic rings. The first-order valence-electron chi connectivity index (χ1n) is 5.86. The van der Waals surface area contributed by atoms with Crippen molar-refractivity contribution >= 4 is 28.5 Å². The van der Waals surface area contributed by atoms with E-state index in [1.54, 1.807) is 24.4 Å². The zero-order chi connectivity index (χ0) is 14.3. The topological polar surface area (TPSA) is 53.1 Å². The van der Waals surface area contributed by atoms with Crippen molar-refractivity contribution in [1.82, 2.24) is 4.98 Å². The molecule has 0 amide bonds. The summed E-state index contributed by atoms with van der Waals surface area (Å²) in [4.78, 5) is 13.9. The molecule has 0 aliphatic heterocycles. The van der Waals surface area contributed by atoms with Gasteiger partial charge in [-0.2, -0.15) is 0 Å². The van der Waals surface area contributed by atoms with Crippen molar-refractivity contribution in [3.8, 4) is 11.1 Å². The minimum Gasteiger partial charge on any atom is -0.478 e. The highest BCUT2D eigenvalue weighted by Crippen LogP contribution is 2.31. The summed E-state index contributed by atoms with van der Waals surface area (Å²) in [6, 6.07) is 9.20. The molecule has 0 unspecified atom stereocenters. The molecule has 0 fully saturated rings. The Bertz CT molecular complexity index is 826. The number of halogens is 2. The summed E-state index contributed by atoms with van der Waals surface area (Å²) in [7, 11) is 0. The number of aromatic amines is 1. The van der Waals surface area contributed by atoms with Gasteiger partial charge in [0.2, 0.25) is 0 Å². The number of hydrogen-bond donors (Lipinski definition) is 2. The predicted molar refractivity (Wildman–Crippen MR) is 75.7 cm³/mol. The van der Waals surface area contributed by atoms with Crippen LogP contribution in [0.15, 0.2) is 42.6 Å². The van der Waals surface area contributed by atoms with Gasteiger partial charge in [-0.05, 0) is 35.9 Å². The second-order valence-electron chi connectivity index (χ2n) is 4.39. The number of carboxylic acid groups (broad SMARTS) is 1. The lowest BCUT2D eigenvalue weighted by molar-refractivity contribution is 0.0697. The van der Waals surface area contributed by atoms with Crippen LogP contribution in [-0.2, 0) is 0 Å². The maximum atomic E-state index is 13.1. The number of carboxylic acids is 1. The number of H-pyrrole nitrogens is 1. The van der Waals surface area contributed by atoms with Gasteiger partial charge < -0.3 is 10.1 Å². The first-order valence-corrected chi connectivity index (χ1v) is 6.24. The van der Waals surface area contributed by atoms with Crippen molar-refractivity contribution in [2.45, 2.75) is 0 Å². The molecular formula is C15H9ClFNO2. The normalized spacial score (nSPS) is 10.9. The lowest BCUT2D eigenvalue weighted by Gasteiger charge is -2.03. The molecule has 0 bridgehead atoms. The van der Waals surface area contributed by atoms with Crippen molar-refractivity contribution in [3.05, 3.63) is 59.0 Å². The maximum absolute atomic E-state index is 13.1. The number of aromatic nitrogens is 1. The van der Waals surface area contributed by atoms with Gasteiger partial charge in [0.25, 0.3) is 0 Å².